The molecule has 0 N–H and O–H groups in total. The number of carbonyl (C=O) groups is 1. The van der Waals surface area contributed by atoms with Crippen LogP contribution in [0.3, 0.4) is 0 Å². The SMILES string of the molecule is CC(C)C(=O)N1CC(c2ccc(C(C)C)cc2)C1. The van der Waals surface area contributed by atoms with Crippen molar-refractivity contribution < 1.29 is 4.79 Å². The molecule has 0 unspecified atom stereocenters. The summed E-state index contributed by atoms with van der Waals surface area (Å²) in [6.07, 6.45) is 0. The van der Waals surface area contributed by atoms with Crippen LogP contribution in [0.15, 0.2) is 24.3 Å². The van der Waals surface area contributed by atoms with E-state index in [4.69, 9.17) is 0 Å². The van der Waals surface area contributed by atoms with Gasteiger partial charge in [-0.3, -0.25) is 4.79 Å². The van der Waals surface area contributed by atoms with E-state index in [9.17, 15) is 4.79 Å². The topological polar surface area (TPSA) is 20.3 Å². The summed E-state index contributed by atoms with van der Waals surface area (Å²) in [5, 5.41) is 0. The summed E-state index contributed by atoms with van der Waals surface area (Å²) in [6.45, 7) is 10.1. The molecule has 1 fully saturated rings. The number of benzene rings is 1. The fraction of sp³-hybridized carbons (Fsp3) is 0.562. The van der Waals surface area contributed by atoms with Crippen molar-refractivity contribution in [3.8, 4) is 0 Å². The van der Waals surface area contributed by atoms with Gasteiger partial charge in [0.1, 0.15) is 0 Å². The Morgan fingerprint density at radius 2 is 1.67 bits per heavy atom. The number of carbonyl (C=O) groups excluding carboxylic acids is 1. The maximum Gasteiger partial charge on any atom is 0.225 e. The zero-order chi connectivity index (χ0) is 13.3. The Hall–Kier alpha value is -1.31. The van der Waals surface area contributed by atoms with E-state index in [1.54, 1.807) is 0 Å². The van der Waals surface area contributed by atoms with E-state index >= 15 is 0 Å². The van der Waals surface area contributed by atoms with Crippen molar-refractivity contribution in [2.24, 2.45) is 5.92 Å². The molecule has 1 heterocycles. The van der Waals surface area contributed by atoms with Gasteiger partial charge in [-0.15, -0.1) is 0 Å². The summed E-state index contributed by atoms with van der Waals surface area (Å²) in [4.78, 5) is 13.7. The minimum absolute atomic E-state index is 0.120. The van der Waals surface area contributed by atoms with Gasteiger partial charge in [0.15, 0.2) is 0 Å². The van der Waals surface area contributed by atoms with E-state index in [1.807, 2.05) is 18.7 Å². The average molecular weight is 245 g/mol. The van der Waals surface area contributed by atoms with Crippen LogP contribution in [0, 0.1) is 5.92 Å². The Balaban J connectivity index is 1.94. The fourth-order valence-electron chi connectivity index (χ4n) is 2.39. The first-order valence-electron chi connectivity index (χ1n) is 6.87. The highest BCUT2D eigenvalue weighted by molar-refractivity contribution is 5.79. The number of likely N-dealkylation sites (tertiary alicyclic amines) is 1. The van der Waals surface area contributed by atoms with E-state index in [1.165, 1.54) is 11.1 Å². The normalized spacial score (nSPS) is 16.2. The molecule has 0 aliphatic carbocycles. The summed E-state index contributed by atoms with van der Waals surface area (Å²) < 4.78 is 0. The third-order valence-electron chi connectivity index (χ3n) is 3.76. The highest BCUT2D eigenvalue weighted by atomic mass is 16.2. The lowest BCUT2D eigenvalue weighted by Gasteiger charge is -2.40. The molecule has 2 nitrogen and oxygen atoms in total. The van der Waals surface area contributed by atoms with Crippen molar-refractivity contribution in [3.63, 3.8) is 0 Å². The van der Waals surface area contributed by atoms with Crippen molar-refractivity contribution >= 4 is 5.91 Å². The first-order valence-corrected chi connectivity index (χ1v) is 6.87. The quantitative estimate of drug-likeness (QED) is 0.799. The molecule has 2 heteroatoms. The number of hydrogen-bond acceptors (Lipinski definition) is 1. The summed E-state index contributed by atoms with van der Waals surface area (Å²) in [6, 6.07) is 8.87. The lowest BCUT2D eigenvalue weighted by Crippen LogP contribution is -2.49. The molecule has 1 aliphatic rings. The molecule has 1 aromatic rings. The van der Waals surface area contributed by atoms with Gasteiger partial charge >= 0.3 is 0 Å². The Bertz CT molecular complexity index is 413. The number of amides is 1. The van der Waals surface area contributed by atoms with Crippen LogP contribution in [0.2, 0.25) is 0 Å². The van der Waals surface area contributed by atoms with Crippen molar-refractivity contribution in [2.75, 3.05) is 13.1 Å². The molecule has 98 valence electrons. The maximum absolute atomic E-state index is 11.8. The van der Waals surface area contributed by atoms with E-state index in [0.29, 0.717) is 11.8 Å². The van der Waals surface area contributed by atoms with E-state index in [-0.39, 0.29) is 11.8 Å². The molecular formula is C16H23NO. The van der Waals surface area contributed by atoms with Gasteiger partial charge in [0.2, 0.25) is 5.91 Å². The number of hydrogen-bond donors (Lipinski definition) is 0. The van der Waals surface area contributed by atoms with E-state index in [2.05, 4.69) is 38.1 Å². The predicted molar refractivity (Wildman–Crippen MR) is 74.7 cm³/mol. The Kier molecular flexibility index (Phi) is 3.74. The first kappa shape index (κ1) is 13.1. The van der Waals surface area contributed by atoms with Gasteiger partial charge in [0.25, 0.3) is 0 Å². The Morgan fingerprint density at radius 1 is 1.11 bits per heavy atom. The van der Waals surface area contributed by atoms with Crippen LogP contribution >= 0.6 is 0 Å². The van der Waals surface area contributed by atoms with Gasteiger partial charge in [-0.2, -0.15) is 0 Å². The molecule has 0 bridgehead atoms. The van der Waals surface area contributed by atoms with Gasteiger partial charge in [-0.1, -0.05) is 52.0 Å². The Labute approximate surface area is 110 Å². The van der Waals surface area contributed by atoms with Gasteiger partial charge in [-0.05, 0) is 17.0 Å². The van der Waals surface area contributed by atoms with Crippen molar-refractivity contribution in [3.05, 3.63) is 35.4 Å². The second kappa shape index (κ2) is 5.13. The molecular weight excluding hydrogens is 222 g/mol. The van der Waals surface area contributed by atoms with E-state index in [0.717, 1.165) is 13.1 Å². The molecule has 0 saturated carbocycles. The summed E-state index contributed by atoms with van der Waals surface area (Å²) in [5.74, 6) is 1.52. The fourth-order valence-corrected chi connectivity index (χ4v) is 2.39. The van der Waals surface area contributed by atoms with Gasteiger partial charge in [-0.25, -0.2) is 0 Å². The lowest BCUT2D eigenvalue weighted by molar-refractivity contribution is -0.138. The van der Waals surface area contributed by atoms with Crippen molar-refractivity contribution in [2.45, 2.75) is 39.5 Å². The molecule has 0 atom stereocenters. The molecule has 1 aromatic carbocycles. The van der Waals surface area contributed by atoms with Crippen LogP contribution in [0.25, 0.3) is 0 Å². The van der Waals surface area contributed by atoms with Gasteiger partial charge in [0.05, 0.1) is 0 Å². The molecule has 18 heavy (non-hydrogen) atoms. The maximum atomic E-state index is 11.8. The molecule has 0 aromatic heterocycles. The second-order valence-electron chi connectivity index (χ2n) is 5.92. The number of rotatable bonds is 3. The average Bonchev–Trinajstić information content (AvgIpc) is 2.27. The second-order valence-corrected chi connectivity index (χ2v) is 5.92. The van der Waals surface area contributed by atoms with Gasteiger partial charge < -0.3 is 4.90 Å². The Morgan fingerprint density at radius 3 is 2.11 bits per heavy atom. The van der Waals surface area contributed by atoms with Crippen molar-refractivity contribution in [1.82, 2.24) is 4.90 Å². The standard InChI is InChI=1S/C16H23NO/c1-11(2)13-5-7-14(8-6-13)15-9-17(10-15)16(18)12(3)4/h5-8,11-12,15H,9-10H2,1-4H3. The largest absolute Gasteiger partial charge is 0.341 e. The van der Waals surface area contributed by atoms with Crippen LogP contribution in [0.4, 0.5) is 0 Å². The highest BCUT2D eigenvalue weighted by Crippen LogP contribution is 2.29. The van der Waals surface area contributed by atoms with Crippen LogP contribution in [-0.2, 0) is 4.79 Å². The molecule has 1 amide bonds. The molecule has 2 rings (SSSR count). The minimum atomic E-state index is 0.120. The van der Waals surface area contributed by atoms with Crippen LogP contribution in [-0.4, -0.2) is 23.9 Å². The zero-order valence-corrected chi connectivity index (χ0v) is 11.8. The minimum Gasteiger partial charge on any atom is -0.341 e. The predicted octanol–water partition coefficient (Wildman–Crippen LogP) is 3.39. The monoisotopic (exact) mass is 245 g/mol. The van der Waals surface area contributed by atoms with Crippen LogP contribution < -0.4 is 0 Å². The first-order chi connectivity index (χ1) is 8.49. The third kappa shape index (κ3) is 2.58. The highest BCUT2D eigenvalue weighted by Gasteiger charge is 2.32. The lowest BCUT2D eigenvalue weighted by atomic mass is 9.89. The summed E-state index contributed by atoms with van der Waals surface area (Å²) in [7, 11) is 0. The van der Waals surface area contributed by atoms with Crippen LogP contribution in [0.5, 0.6) is 0 Å². The van der Waals surface area contributed by atoms with Crippen molar-refractivity contribution in [1.29, 1.82) is 0 Å². The third-order valence-corrected chi connectivity index (χ3v) is 3.76. The zero-order valence-electron chi connectivity index (χ0n) is 11.8. The smallest absolute Gasteiger partial charge is 0.225 e. The van der Waals surface area contributed by atoms with Gasteiger partial charge in [0, 0.05) is 24.9 Å². The molecule has 0 radical (unpaired) electrons. The van der Waals surface area contributed by atoms with Crippen LogP contribution in [0.1, 0.15) is 50.7 Å². The number of nitrogens with zero attached hydrogens (tertiary/aromatic N) is 1. The summed E-state index contributed by atoms with van der Waals surface area (Å²) >= 11 is 0. The molecule has 0 spiro atoms. The molecule has 1 saturated heterocycles. The van der Waals surface area contributed by atoms with E-state index < -0.39 is 0 Å². The summed E-state index contributed by atoms with van der Waals surface area (Å²) in [5.41, 5.74) is 2.75. The molecule has 1 aliphatic heterocycles.